The largest absolute Gasteiger partial charge is 0.494 e. The van der Waals surface area contributed by atoms with Crippen LogP contribution < -0.4 is 15.0 Å². The smallest absolute Gasteiger partial charge is 0.394 e. The third-order valence-electron chi connectivity index (χ3n) is 5.85. The Kier molecular flexibility index (Phi) is 6.05. The Morgan fingerprint density at radius 1 is 1.24 bits per heavy atom. The van der Waals surface area contributed by atoms with E-state index in [1.54, 1.807) is 6.07 Å². The number of oxazole rings is 1. The molecule has 0 saturated carbocycles. The number of allylic oxidation sites excluding steroid dienone is 2. The Bertz CT molecular complexity index is 1310. The number of nitrogens with zero attached hydrogens (tertiary/aromatic N) is 3. The lowest BCUT2D eigenvalue weighted by atomic mass is 9.78. The third-order valence-corrected chi connectivity index (χ3v) is 5.85. The first-order chi connectivity index (χ1) is 15.7. The van der Waals surface area contributed by atoms with E-state index in [1.807, 2.05) is 0 Å². The number of ketones is 1. The van der Waals surface area contributed by atoms with Crippen molar-refractivity contribution in [3.8, 4) is 11.8 Å². The van der Waals surface area contributed by atoms with Crippen molar-refractivity contribution in [2.45, 2.75) is 46.1 Å². The van der Waals surface area contributed by atoms with Crippen molar-refractivity contribution in [1.29, 1.82) is 0 Å². The maximum atomic E-state index is 14.3. The Hall–Kier alpha value is -3.49. The number of carbonyl (C=O) groups excluding carboxylic acids is 1. The molecule has 2 aromatic heterocycles. The first-order valence-electron chi connectivity index (χ1n) is 10.7. The number of hydrogen-bond donors (Lipinski definition) is 0. The lowest BCUT2D eigenvalue weighted by molar-refractivity contribution is -0.119. The molecule has 0 amide bonds. The molecule has 0 radical (unpaired) electrons. The van der Waals surface area contributed by atoms with Crippen LogP contribution in [0.4, 0.5) is 4.39 Å². The zero-order valence-electron chi connectivity index (χ0n) is 19.1. The van der Waals surface area contributed by atoms with Crippen LogP contribution in [0.15, 0.2) is 33.5 Å². The molecule has 1 aromatic carbocycles. The highest BCUT2D eigenvalue weighted by atomic mass is 19.1. The minimum Gasteiger partial charge on any atom is -0.494 e. The molecule has 0 spiro atoms. The van der Waals surface area contributed by atoms with Gasteiger partial charge in [-0.2, -0.15) is 10.1 Å². The topological polar surface area (TPSA) is 96.5 Å². The van der Waals surface area contributed by atoms with E-state index in [-0.39, 0.29) is 41.3 Å². The van der Waals surface area contributed by atoms with Crippen LogP contribution in [0.1, 0.15) is 44.4 Å². The van der Waals surface area contributed by atoms with Crippen molar-refractivity contribution in [2.75, 3.05) is 14.2 Å². The highest BCUT2D eigenvalue weighted by Gasteiger charge is 2.25. The fraction of sp³-hybridized carbons (Fsp3) is 0.417. The summed E-state index contributed by atoms with van der Waals surface area (Å²) < 4.78 is 30.9. The van der Waals surface area contributed by atoms with E-state index in [9.17, 15) is 14.0 Å². The van der Waals surface area contributed by atoms with E-state index in [2.05, 4.69) is 30.0 Å². The molecular formula is C24H26FN3O5. The molecule has 3 aromatic rings. The fourth-order valence-corrected chi connectivity index (χ4v) is 3.92. The van der Waals surface area contributed by atoms with Gasteiger partial charge < -0.3 is 13.9 Å². The van der Waals surface area contributed by atoms with Gasteiger partial charge in [-0.3, -0.25) is 9.59 Å². The molecule has 0 bridgehead atoms. The molecular weight excluding hydrogens is 429 g/mol. The van der Waals surface area contributed by atoms with Crippen LogP contribution in [0.3, 0.4) is 0 Å². The molecule has 0 saturated heterocycles. The molecule has 9 heteroatoms. The fourth-order valence-electron chi connectivity index (χ4n) is 3.92. The number of ether oxygens (including phenoxy) is 2. The van der Waals surface area contributed by atoms with E-state index in [0.717, 1.165) is 29.5 Å². The summed E-state index contributed by atoms with van der Waals surface area (Å²) in [6, 6.07) is 4.13. The number of benzene rings is 1. The number of hydrogen-bond acceptors (Lipinski definition) is 7. The number of methoxy groups -OCH3 is 2. The number of fused-ring (bicyclic) bond motifs is 1. The molecule has 4 rings (SSSR count). The first-order valence-corrected chi connectivity index (χ1v) is 10.7. The van der Waals surface area contributed by atoms with Crippen LogP contribution in [0.5, 0.6) is 11.8 Å². The van der Waals surface area contributed by atoms with Gasteiger partial charge >= 0.3 is 6.08 Å². The standard InChI is InChI=1S/C24H26FN3O5/c1-24(2)7-5-15(6-8-24)21-19(31-3)12-20(30)28(27-21)13-16(29)9-14-10-17(25)22-18(11-14)26-23(32-4)33-22/h5,10-12H,6-9,13H2,1-4H3. The number of carbonyl (C=O) groups is 1. The summed E-state index contributed by atoms with van der Waals surface area (Å²) in [5.74, 6) is -0.545. The van der Waals surface area contributed by atoms with Crippen LogP contribution >= 0.6 is 0 Å². The van der Waals surface area contributed by atoms with Crippen LogP contribution in [-0.4, -0.2) is 34.8 Å². The number of halogens is 1. The zero-order valence-corrected chi connectivity index (χ0v) is 19.1. The first kappa shape index (κ1) is 22.7. The molecule has 8 nitrogen and oxygen atoms in total. The van der Waals surface area contributed by atoms with Gasteiger partial charge in [-0.25, -0.2) is 9.07 Å². The second-order valence-electron chi connectivity index (χ2n) is 8.98. The molecule has 0 N–H and O–H groups in total. The van der Waals surface area contributed by atoms with Crippen molar-refractivity contribution in [2.24, 2.45) is 5.41 Å². The minimum atomic E-state index is -0.639. The van der Waals surface area contributed by atoms with Crippen LogP contribution in [0, 0.1) is 11.2 Å². The number of aromatic nitrogens is 3. The van der Waals surface area contributed by atoms with Gasteiger partial charge in [-0.05, 0) is 47.9 Å². The zero-order chi connectivity index (χ0) is 23.8. The maximum Gasteiger partial charge on any atom is 0.394 e. The van der Waals surface area contributed by atoms with Crippen molar-refractivity contribution in [3.63, 3.8) is 0 Å². The van der Waals surface area contributed by atoms with Crippen molar-refractivity contribution < 1.29 is 23.1 Å². The lowest BCUT2D eigenvalue weighted by Gasteiger charge is -2.28. The van der Waals surface area contributed by atoms with Crippen LogP contribution in [-0.2, 0) is 17.8 Å². The van der Waals surface area contributed by atoms with Gasteiger partial charge in [-0.1, -0.05) is 19.9 Å². The van der Waals surface area contributed by atoms with Gasteiger partial charge in [0, 0.05) is 12.5 Å². The molecule has 174 valence electrons. The van der Waals surface area contributed by atoms with E-state index in [4.69, 9.17) is 13.9 Å². The summed E-state index contributed by atoms with van der Waals surface area (Å²) in [6.07, 6.45) is 4.66. The molecule has 0 atom stereocenters. The summed E-state index contributed by atoms with van der Waals surface area (Å²) >= 11 is 0. The molecule has 1 aliphatic carbocycles. The molecule has 33 heavy (non-hydrogen) atoms. The van der Waals surface area contributed by atoms with E-state index in [0.29, 0.717) is 17.0 Å². The van der Waals surface area contributed by atoms with Crippen molar-refractivity contribution >= 4 is 22.5 Å². The lowest BCUT2D eigenvalue weighted by Crippen LogP contribution is -2.28. The van der Waals surface area contributed by atoms with Gasteiger partial charge in [0.1, 0.15) is 17.8 Å². The summed E-state index contributed by atoms with van der Waals surface area (Å²) in [4.78, 5) is 29.3. The SMILES string of the molecule is COc1nc2cc(CC(=O)Cn3nc(C4=CCC(C)(C)CC4)c(OC)cc3=O)cc(F)c2o1. The van der Waals surface area contributed by atoms with E-state index in [1.165, 1.54) is 26.4 Å². The highest BCUT2D eigenvalue weighted by molar-refractivity contribution is 5.83. The predicted molar refractivity (Wildman–Crippen MR) is 120 cm³/mol. The molecule has 2 heterocycles. The van der Waals surface area contributed by atoms with E-state index < -0.39 is 11.4 Å². The summed E-state index contributed by atoms with van der Waals surface area (Å²) in [5, 5.41) is 4.45. The quantitative estimate of drug-likeness (QED) is 0.532. The third kappa shape index (κ3) is 4.81. The van der Waals surface area contributed by atoms with Gasteiger partial charge in [0.2, 0.25) is 0 Å². The second-order valence-corrected chi connectivity index (χ2v) is 8.98. The van der Waals surface area contributed by atoms with Gasteiger partial charge in [0.25, 0.3) is 5.56 Å². The summed E-state index contributed by atoms with van der Waals surface area (Å²) in [5.41, 5.74) is 1.98. The summed E-state index contributed by atoms with van der Waals surface area (Å²) in [7, 11) is 2.86. The summed E-state index contributed by atoms with van der Waals surface area (Å²) in [6.45, 7) is 4.18. The van der Waals surface area contributed by atoms with Gasteiger partial charge in [0.05, 0.1) is 14.2 Å². The van der Waals surface area contributed by atoms with Crippen molar-refractivity contribution in [1.82, 2.24) is 14.8 Å². The maximum absolute atomic E-state index is 14.3. The number of rotatable bonds is 7. The average molecular weight is 455 g/mol. The second kappa shape index (κ2) is 8.80. The van der Waals surface area contributed by atoms with Gasteiger partial charge in [-0.15, -0.1) is 0 Å². The molecule has 0 fully saturated rings. The Morgan fingerprint density at radius 3 is 2.70 bits per heavy atom. The minimum absolute atomic E-state index is 0.0373. The Morgan fingerprint density at radius 2 is 2.03 bits per heavy atom. The van der Waals surface area contributed by atoms with Crippen molar-refractivity contribution in [3.05, 3.63) is 51.7 Å². The van der Waals surface area contributed by atoms with Crippen LogP contribution in [0.25, 0.3) is 16.7 Å². The highest BCUT2D eigenvalue weighted by Crippen LogP contribution is 2.39. The Balaban J connectivity index is 1.57. The van der Waals surface area contributed by atoms with Gasteiger partial charge in [0.15, 0.2) is 22.9 Å². The average Bonchev–Trinajstić information content (AvgIpc) is 3.19. The molecule has 1 aliphatic rings. The Labute approximate surface area is 190 Å². The normalized spacial score (nSPS) is 15.4. The predicted octanol–water partition coefficient (Wildman–Crippen LogP) is 3.95. The monoisotopic (exact) mass is 455 g/mol. The van der Waals surface area contributed by atoms with E-state index >= 15 is 0 Å². The van der Waals surface area contributed by atoms with Crippen LogP contribution in [0.2, 0.25) is 0 Å². The molecule has 0 aliphatic heterocycles. The number of Topliss-reactive ketones (excluding diaryl/α,β-unsaturated/α-hetero) is 1. The molecule has 0 unspecified atom stereocenters.